The Morgan fingerprint density at radius 1 is 0.929 bits per heavy atom. The van der Waals surface area contributed by atoms with Gasteiger partial charge in [-0.1, -0.05) is 24.3 Å². The summed E-state index contributed by atoms with van der Waals surface area (Å²) < 4.78 is 15.3. The molecule has 1 aliphatic carbocycles. The summed E-state index contributed by atoms with van der Waals surface area (Å²) in [5, 5.41) is 0.0550. The second-order valence-corrected chi connectivity index (χ2v) is 9.69. The molecule has 1 atom stereocenters. The maximum Gasteiger partial charge on any atom is 0.196 e. The third-order valence-electron chi connectivity index (χ3n) is 5.59. The first-order valence-electron chi connectivity index (χ1n) is 9.22. The molecule has 3 nitrogen and oxygen atoms in total. The Morgan fingerprint density at radius 3 is 2.11 bits per heavy atom. The standard InChI is InChI=1S/C23H18FNO2S/c1-12-25-19(13-8-10-14(24)11-9-13)17-18(22(25)23(2,3)28-12)21(27)16-7-5-4-6-15(16)20(17)26/h4-12H,1-3H3/t12-/m1/s1. The second kappa shape index (κ2) is 5.67. The van der Waals surface area contributed by atoms with Crippen molar-refractivity contribution in [3.63, 3.8) is 0 Å². The average molecular weight is 391 g/mol. The number of benzene rings is 2. The van der Waals surface area contributed by atoms with E-state index < -0.39 is 0 Å². The van der Waals surface area contributed by atoms with Crippen molar-refractivity contribution in [1.29, 1.82) is 0 Å². The van der Waals surface area contributed by atoms with Gasteiger partial charge in [-0.3, -0.25) is 9.59 Å². The molecule has 1 aromatic heterocycles. The number of carbonyl (C=O) groups excluding carboxylic acids is 2. The smallest absolute Gasteiger partial charge is 0.196 e. The molecule has 5 heteroatoms. The number of aromatic nitrogens is 1. The Hall–Kier alpha value is -2.66. The van der Waals surface area contributed by atoms with Crippen molar-refractivity contribution in [1.82, 2.24) is 4.57 Å². The lowest BCUT2D eigenvalue weighted by Gasteiger charge is -2.22. The van der Waals surface area contributed by atoms with Crippen LogP contribution in [0.5, 0.6) is 0 Å². The number of halogens is 1. The fraction of sp³-hybridized carbons (Fsp3) is 0.217. The molecule has 0 N–H and O–H groups in total. The number of nitrogens with zero attached hydrogens (tertiary/aromatic N) is 1. The van der Waals surface area contributed by atoms with Crippen LogP contribution in [0.4, 0.5) is 4.39 Å². The van der Waals surface area contributed by atoms with Gasteiger partial charge < -0.3 is 4.57 Å². The van der Waals surface area contributed by atoms with Gasteiger partial charge in [-0.2, -0.15) is 0 Å². The highest BCUT2D eigenvalue weighted by Crippen LogP contribution is 2.56. The van der Waals surface area contributed by atoms with E-state index in [0.717, 1.165) is 11.3 Å². The summed E-state index contributed by atoms with van der Waals surface area (Å²) in [4.78, 5) is 27.0. The second-order valence-electron chi connectivity index (χ2n) is 7.76. The molecule has 0 radical (unpaired) electrons. The molecule has 28 heavy (non-hydrogen) atoms. The molecule has 2 aromatic carbocycles. The summed E-state index contributed by atoms with van der Waals surface area (Å²) in [6.45, 7) is 6.24. The maximum atomic E-state index is 13.5. The van der Waals surface area contributed by atoms with Crippen molar-refractivity contribution >= 4 is 23.3 Å². The minimum Gasteiger partial charge on any atom is -0.330 e. The van der Waals surface area contributed by atoms with Crippen LogP contribution in [0.25, 0.3) is 11.3 Å². The molecule has 0 unspecified atom stereocenters. The molecule has 0 saturated heterocycles. The van der Waals surface area contributed by atoms with E-state index in [-0.39, 0.29) is 27.5 Å². The molecule has 0 bridgehead atoms. The summed E-state index contributed by atoms with van der Waals surface area (Å²) in [5.74, 6) is -0.578. The van der Waals surface area contributed by atoms with Gasteiger partial charge in [0.25, 0.3) is 0 Å². The van der Waals surface area contributed by atoms with E-state index in [4.69, 9.17) is 0 Å². The number of hydrogen-bond donors (Lipinski definition) is 0. The van der Waals surface area contributed by atoms with Crippen LogP contribution in [-0.4, -0.2) is 16.1 Å². The van der Waals surface area contributed by atoms with E-state index in [1.807, 2.05) is 0 Å². The van der Waals surface area contributed by atoms with Crippen molar-refractivity contribution in [2.75, 3.05) is 0 Å². The molecule has 3 aromatic rings. The molecule has 0 spiro atoms. The van der Waals surface area contributed by atoms with E-state index >= 15 is 0 Å². The lowest BCUT2D eigenvalue weighted by Crippen LogP contribution is -2.23. The predicted octanol–water partition coefficient (Wildman–Crippen LogP) is 5.57. The fourth-order valence-electron chi connectivity index (χ4n) is 4.56. The highest BCUT2D eigenvalue weighted by Gasteiger charge is 2.47. The summed E-state index contributed by atoms with van der Waals surface area (Å²) in [6.07, 6.45) is 0. The minimum atomic E-state index is -0.332. The molecule has 0 saturated carbocycles. The summed E-state index contributed by atoms with van der Waals surface area (Å²) in [6, 6.07) is 13.1. The Balaban J connectivity index is 1.91. The Kier molecular flexibility index (Phi) is 3.53. The SMILES string of the molecule is C[C@H]1SC(C)(C)c2c3c(c(-c4ccc(F)cc4)n21)C(=O)c1ccccc1C3=O. The van der Waals surface area contributed by atoms with Crippen LogP contribution in [0.3, 0.4) is 0 Å². The summed E-state index contributed by atoms with van der Waals surface area (Å²) in [7, 11) is 0. The van der Waals surface area contributed by atoms with Crippen LogP contribution in [-0.2, 0) is 4.75 Å². The molecule has 0 fully saturated rings. The molecule has 2 heterocycles. The number of fused-ring (bicyclic) bond motifs is 4. The normalized spacial score (nSPS) is 19.4. The summed E-state index contributed by atoms with van der Waals surface area (Å²) >= 11 is 1.75. The number of thioether (sulfide) groups is 1. The van der Waals surface area contributed by atoms with Crippen molar-refractivity contribution in [3.8, 4) is 11.3 Å². The lowest BCUT2D eigenvalue weighted by molar-refractivity contribution is 0.0979. The third-order valence-corrected chi connectivity index (χ3v) is 6.93. The van der Waals surface area contributed by atoms with Crippen LogP contribution in [0.15, 0.2) is 48.5 Å². The first-order chi connectivity index (χ1) is 13.3. The van der Waals surface area contributed by atoms with Gasteiger partial charge in [0, 0.05) is 16.8 Å². The minimum absolute atomic E-state index is 0.0550. The number of ketones is 2. The van der Waals surface area contributed by atoms with Gasteiger partial charge in [0.1, 0.15) is 5.82 Å². The van der Waals surface area contributed by atoms with Gasteiger partial charge in [0.2, 0.25) is 0 Å². The molecule has 140 valence electrons. The largest absolute Gasteiger partial charge is 0.330 e. The Labute approximate surface area is 166 Å². The van der Waals surface area contributed by atoms with Crippen molar-refractivity contribution in [2.24, 2.45) is 0 Å². The first-order valence-corrected chi connectivity index (χ1v) is 10.1. The summed E-state index contributed by atoms with van der Waals surface area (Å²) in [5.41, 5.74) is 4.19. The number of rotatable bonds is 1. The van der Waals surface area contributed by atoms with Gasteiger partial charge in [0.15, 0.2) is 11.6 Å². The van der Waals surface area contributed by atoms with Crippen LogP contribution in [0, 0.1) is 5.82 Å². The van der Waals surface area contributed by atoms with E-state index in [1.54, 1.807) is 48.2 Å². The highest BCUT2D eigenvalue weighted by atomic mass is 32.2. The van der Waals surface area contributed by atoms with Gasteiger partial charge in [-0.15, -0.1) is 11.8 Å². The molecule has 1 aliphatic heterocycles. The fourth-order valence-corrected chi connectivity index (χ4v) is 6.04. The lowest BCUT2D eigenvalue weighted by atomic mass is 9.82. The highest BCUT2D eigenvalue weighted by molar-refractivity contribution is 8.00. The monoisotopic (exact) mass is 391 g/mol. The zero-order valence-electron chi connectivity index (χ0n) is 15.7. The predicted molar refractivity (Wildman–Crippen MR) is 108 cm³/mol. The van der Waals surface area contributed by atoms with E-state index in [0.29, 0.717) is 27.9 Å². The Bertz CT molecular complexity index is 1170. The van der Waals surface area contributed by atoms with Crippen molar-refractivity contribution in [2.45, 2.75) is 30.9 Å². The van der Waals surface area contributed by atoms with Gasteiger partial charge in [-0.05, 0) is 50.6 Å². The van der Waals surface area contributed by atoms with Crippen molar-refractivity contribution in [3.05, 3.63) is 82.3 Å². The third kappa shape index (κ3) is 2.17. The Morgan fingerprint density at radius 2 is 1.50 bits per heavy atom. The van der Waals surface area contributed by atoms with Crippen LogP contribution >= 0.6 is 11.8 Å². The van der Waals surface area contributed by atoms with Crippen molar-refractivity contribution < 1.29 is 14.0 Å². The molecule has 5 rings (SSSR count). The van der Waals surface area contributed by atoms with E-state index in [9.17, 15) is 14.0 Å². The van der Waals surface area contributed by atoms with Gasteiger partial charge in [0.05, 0.1) is 26.9 Å². The molecule has 2 aliphatic rings. The average Bonchev–Trinajstić information content (AvgIpc) is 3.14. The topological polar surface area (TPSA) is 39.1 Å². The molecular formula is C23H18FNO2S. The van der Waals surface area contributed by atoms with Crippen LogP contribution in [0.2, 0.25) is 0 Å². The van der Waals surface area contributed by atoms with Gasteiger partial charge >= 0.3 is 0 Å². The zero-order chi connectivity index (χ0) is 19.8. The quantitative estimate of drug-likeness (QED) is 0.426. The van der Waals surface area contributed by atoms with Crippen LogP contribution < -0.4 is 0 Å². The first kappa shape index (κ1) is 17.4. The number of hydrogen-bond acceptors (Lipinski definition) is 3. The molecular weight excluding hydrogens is 373 g/mol. The number of carbonyl (C=O) groups is 2. The molecule has 0 amide bonds. The van der Waals surface area contributed by atoms with E-state index in [2.05, 4.69) is 25.3 Å². The zero-order valence-corrected chi connectivity index (χ0v) is 16.6. The maximum absolute atomic E-state index is 13.5. The van der Waals surface area contributed by atoms with Crippen LogP contribution in [0.1, 0.15) is 63.7 Å². The van der Waals surface area contributed by atoms with Gasteiger partial charge in [-0.25, -0.2) is 4.39 Å². The van der Waals surface area contributed by atoms with E-state index in [1.165, 1.54) is 12.1 Å².